The fourth-order valence-electron chi connectivity index (χ4n) is 4.14. The lowest BCUT2D eigenvalue weighted by Crippen LogP contribution is -2.32. The third-order valence-electron chi connectivity index (χ3n) is 5.72. The molecule has 0 amide bonds. The third kappa shape index (κ3) is 4.95. The average molecular weight is 410 g/mol. The van der Waals surface area contributed by atoms with Crippen LogP contribution in [0.4, 0.5) is 0 Å². The number of aromatic amines is 1. The van der Waals surface area contributed by atoms with Crippen LogP contribution >= 0.6 is 0 Å². The minimum atomic E-state index is -3.16. The van der Waals surface area contributed by atoms with Gasteiger partial charge in [-0.15, -0.1) is 0 Å². The highest BCUT2D eigenvalue weighted by molar-refractivity contribution is 7.90. The van der Waals surface area contributed by atoms with E-state index < -0.39 is 9.84 Å². The maximum absolute atomic E-state index is 11.8. The van der Waals surface area contributed by atoms with Crippen molar-refractivity contribution >= 4 is 9.84 Å². The van der Waals surface area contributed by atoms with Gasteiger partial charge in [0, 0.05) is 30.8 Å². The summed E-state index contributed by atoms with van der Waals surface area (Å²) < 4.78 is 23.6. The quantitative estimate of drug-likeness (QED) is 0.673. The van der Waals surface area contributed by atoms with E-state index in [9.17, 15) is 8.42 Å². The molecule has 4 rings (SSSR count). The van der Waals surface area contributed by atoms with E-state index in [1.807, 2.05) is 24.4 Å². The Hall–Kier alpha value is -2.44. The predicted octanol–water partition coefficient (Wildman–Crippen LogP) is 3.78. The Morgan fingerprint density at radius 3 is 2.48 bits per heavy atom. The summed E-state index contributed by atoms with van der Waals surface area (Å²) in [4.78, 5) is 2.80. The Balaban J connectivity index is 1.38. The molecule has 3 aromatic rings. The fourth-order valence-corrected chi connectivity index (χ4v) is 4.83. The first-order valence-corrected chi connectivity index (χ1v) is 12.0. The molecule has 2 aromatic carbocycles. The third-order valence-corrected chi connectivity index (χ3v) is 6.83. The van der Waals surface area contributed by atoms with Gasteiger partial charge in [-0.25, -0.2) is 8.42 Å². The normalized spacial score (nSPS) is 16.2. The van der Waals surface area contributed by atoms with E-state index in [-0.39, 0.29) is 0 Å². The van der Waals surface area contributed by atoms with Crippen LogP contribution in [0.15, 0.2) is 65.7 Å². The predicted molar refractivity (Wildman–Crippen MR) is 115 cm³/mol. The van der Waals surface area contributed by atoms with E-state index in [1.165, 1.54) is 23.1 Å². The number of likely N-dealkylation sites (tertiary alicyclic amines) is 1. The lowest BCUT2D eigenvalue weighted by molar-refractivity contribution is 0.203. The van der Waals surface area contributed by atoms with Crippen molar-refractivity contribution in [3.63, 3.8) is 0 Å². The topological polar surface area (TPSA) is 66.1 Å². The second-order valence-corrected chi connectivity index (χ2v) is 9.96. The summed E-state index contributed by atoms with van der Waals surface area (Å²) in [6.07, 6.45) is 6.29. The van der Waals surface area contributed by atoms with Gasteiger partial charge in [-0.1, -0.05) is 42.5 Å². The van der Waals surface area contributed by atoms with Crippen molar-refractivity contribution in [2.75, 3.05) is 19.3 Å². The maximum Gasteiger partial charge on any atom is 0.175 e. The molecule has 0 spiro atoms. The van der Waals surface area contributed by atoms with Crippen LogP contribution in [-0.4, -0.2) is 42.9 Å². The number of aromatic nitrogens is 2. The average Bonchev–Trinajstić information content (AvgIpc) is 3.17. The molecule has 1 aliphatic rings. The van der Waals surface area contributed by atoms with Crippen molar-refractivity contribution in [2.24, 2.45) is 0 Å². The van der Waals surface area contributed by atoms with Gasteiger partial charge < -0.3 is 0 Å². The summed E-state index contributed by atoms with van der Waals surface area (Å²) in [6, 6.07) is 17.8. The molecular formula is C23H27N3O2S. The summed E-state index contributed by atoms with van der Waals surface area (Å²) in [7, 11) is -3.16. The van der Waals surface area contributed by atoms with Gasteiger partial charge in [-0.2, -0.15) is 5.10 Å². The van der Waals surface area contributed by atoms with Crippen LogP contribution in [0.2, 0.25) is 0 Å². The molecule has 1 aliphatic heterocycles. The molecule has 1 fully saturated rings. The number of benzene rings is 2. The number of hydrogen-bond donors (Lipinski definition) is 1. The Labute approximate surface area is 172 Å². The summed E-state index contributed by atoms with van der Waals surface area (Å²) >= 11 is 0. The number of rotatable bonds is 6. The van der Waals surface area contributed by atoms with Gasteiger partial charge in [0.25, 0.3) is 0 Å². The van der Waals surface area contributed by atoms with Gasteiger partial charge in [0.2, 0.25) is 0 Å². The molecule has 5 nitrogen and oxygen atoms in total. The second kappa shape index (κ2) is 8.51. The van der Waals surface area contributed by atoms with Gasteiger partial charge in [0.1, 0.15) is 0 Å². The highest BCUT2D eigenvalue weighted by Crippen LogP contribution is 2.30. The Kier molecular flexibility index (Phi) is 5.83. The molecule has 29 heavy (non-hydrogen) atoms. The zero-order valence-corrected chi connectivity index (χ0v) is 17.5. The zero-order valence-electron chi connectivity index (χ0n) is 16.7. The van der Waals surface area contributed by atoms with Gasteiger partial charge in [-0.3, -0.25) is 10.00 Å². The van der Waals surface area contributed by atoms with Gasteiger partial charge >= 0.3 is 0 Å². The van der Waals surface area contributed by atoms with Crippen molar-refractivity contribution in [3.8, 4) is 0 Å². The first-order valence-electron chi connectivity index (χ1n) is 10.1. The fraction of sp³-hybridized carbons (Fsp3) is 0.348. The molecule has 1 saturated heterocycles. The largest absolute Gasteiger partial charge is 0.299 e. The summed E-state index contributed by atoms with van der Waals surface area (Å²) in [5.74, 6) is 0.495. The van der Waals surface area contributed by atoms with E-state index in [0.29, 0.717) is 10.8 Å². The van der Waals surface area contributed by atoms with E-state index in [0.717, 1.165) is 44.5 Å². The number of nitrogens with zero attached hydrogens (tertiary/aromatic N) is 2. The SMILES string of the molecule is CS(=O)(=O)c1cccc(CN2CCC(c3[nH]ncc3Cc3ccccc3)CC2)c1. The molecule has 2 heterocycles. The van der Waals surface area contributed by atoms with Gasteiger partial charge in [-0.05, 0) is 54.8 Å². The minimum Gasteiger partial charge on any atom is -0.299 e. The van der Waals surface area contributed by atoms with Gasteiger partial charge in [0.05, 0.1) is 11.1 Å². The zero-order chi connectivity index (χ0) is 20.3. The molecule has 0 aliphatic carbocycles. The van der Waals surface area contributed by atoms with Crippen LogP contribution in [-0.2, 0) is 22.8 Å². The molecule has 6 heteroatoms. The number of piperidine rings is 1. The number of hydrogen-bond acceptors (Lipinski definition) is 4. The van der Waals surface area contributed by atoms with Crippen LogP contribution in [0.3, 0.4) is 0 Å². The first-order chi connectivity index (χ1) is 14.0. The molecule has 152 valence electrons. The molecule has 0 unspecified atom stereocenters. The van der Waals surface area contributed by atoms with E-state index in [4.69, 9.17) is 0 Å². The minimum absolute atomic E-state index is 0.396. The van der Waals surface area contributed by atoms with Crippen molar-refractivity contribution < 1.29 is 8.42 Å². The van der Waals surface area contributed by atoms with E-state index in [2.05, 4.69) is 39.4 Å². The Bertz CT molecular complexity index is 1050. The number of sulfone groups is 1. The second-order valence-electron chi connectivity index (χ2n) is 7.94. The molecule has 0 radical (unpaired) electrons. The molecule has 0 bridgehead atoms. The standard InChI is InChI=1S/C23H27N3O2S/c1-29(27,28)22-9-5-8-19(15-22)17-26-12-10-20(11-13-26)23-21(16-24-25-23)14-18-6-3-2-4-7-18/h2-9,15-16,20H,10-14,17H2,1H3,(H,24,25). The smallest absolute Gasteiger partial charge is 0.175 e. The highest BCUT2D eigenvalue weighted by Gasteiger charge is 2.24. The van der Waals surface area contributed by atoms with E-state index >= 15 is 0 Å². The van der Waals surface area contributed by atoms with Crippen molar-refractivity contribution in [3.05, 3.63) is 83.2 Å². The lowest BCUT2D eigenvalue weighted by Gasteiger charge is -2.32. The number of nitrogens with one attached hydrogen (secondary N) is 1. The lowest BCUT2D eigenvalue weighted by atomic mass is 9.89. The van der Waals surface area contributed by atoms with Crippen LogP contribution < -0.4 is 0 Å². The molecule has 1 aromatic heterocycles. The Morgan fingerprint density at radius 2 is 1.76 bits per heavy atom. The van der Waals surface area contributed by atoms with E-state index in [1.54, 1.807) is 12.1 Å². The molecule has 1 N–H and O–H groups in total. The van der Waals surface area contributed by atoms with Crippen LogP contribution in [0, 0.1) is 0 Å². The first kappa shape index (κ1) is 19.9. The highest BCUT2D eigenvalue weighted by atomic mass is 32.2. The number of H-pyrrole nitrogens is 1. The summed E-state index contributed by atoms with van der Waals surface area (Å²) in [5.41, 5.74) is 4.92. The van der Waals surface area contributed by atoms with Crippen LogP contribution in [0.1, 0.15) is 41.1 Å². The summed E-state index contributed by atoms with van der Waals surface area (Å²) in [6.45, 7) is 2.78. The molecular weight excluding hydrogens is 382 g/mol. The molecule has 0 atom stereocenters. The maximum atomic E-state index is 11.8. The van der Waals surface area contributed by atoms with Crippen molar-refractivity contribution in [2.45, 2.75) is 36.6 Å². The summed E-state index contributed by atoms with van der Waals surface area (Å²) in [5, 5.41) is 7.57. The Morgan fingerprint density at radius 1 is 1.03 bits per heavy atom. The van der Waals surface area contributed by atoms with Crippen molar-refractivity contribution in [1.82, 2.24) is 15.1 Å². The van der Waals surface area contributed by atoms with Crippen LogP contribution in [0.5, 0.6) is 0 Å². The van der Waals surface area contributed by atoms with Crippen LogP contribution in [0.25, 0.3) is 0 Å². The van der Waals surface area contributed by atoms with Crippen molar-refractivity contribution in [1.29, 1.82) is 0 Å². The van der Waals surface area contributed by atoms with Gasteiger partial charge in [0.15, 0.2) is 9.84 Å². The monoisotopic (exact) mass is 409 g/mol. The molecule has 0 saturated carbocycles.